The summed E-state index contributed by atoms with van der Waals surface area (Å²) in [7, 11) is 0. The molecule has 5 heteroatoms. The summed E-state index contributed by atoms with van der Waals surface area (Å²) in [6.45, 7) is 17.8. The Bertz CT molecular complexity index is 947. The highest BCUT2D eigenvalue weighted by molar-refractivity contribution is 5.85. The van der Waals surface area contributed by atoms with Gasteiger partial charge in [-0.2, -0.15) is 0 Å². The first kappa shape index (κ1) is 27.8. The van der Waals surface area contributed by atoms with Crippen molar-refractivity contribution in [1.29, 1.82) is 0 Å². The van der Waals surface area contributed by atoms with Gasteiger partial charge in [-0.25, -0.2) is 0 Å². The summed E-state index contributed by atoms with van der Waals surface area (Å²) in [5.41, 5.74) is 0.678. The number of carbonyl (C=O) groups is 1. The molecule has 210 valence electrons. The van der Waals surface area contributed by atoms with Gasteiger partial charge in [-0.1, -0.05) is 46.3 Å². The molecule has 0 radical (unpaired) electrons. The molecule has 5 nitrogen and oxygen atoms in total. The average molecular weight is 517 g/mol. The molecule has 0 aromatic rings. The van der Waals surface area contributed by atoms with Gasteiger partial charge in [-0.05, 0) is 99.7 Å². The number of fused-ring (bicyclic) bond motifs is 5. The Balaban J connectivity index is 1.46. The molecule has 4 aliphatic carbocycles. The van der Waals surface area contributed by atoms with Crippen molar-refractivity contribution in [2.45, 2.75) is 131 Å². The second-order valence-electron chi connectivity index (χ2n) is 15.1. The number of carbonyl (C=O) groups excluding carboxylic acids is 1. The zero-order chi connectivity index (χ0) is 27.2. The van der Waals surface area contributed by atoms with E-state index in [1.54, 1.807) is 19.4 Å². The van der Waals surface area contributed by atoms with Gasteiger partial charge in [0, 0.05) is 24.4 Å². The highest BCUT2D eigenvalue weighted by atomic mass is 16.7. The number of Topliss-reactive ketones (excluding diaryl/α,β-unsaturated/α-hetero) is 1. The Labute approximate surface area is 224 Å². The predicted octanol–water partition coefficient (Wildman–Crippen LogP) is 6.06. The molecule has 3 saturated carbocycles. The van der Waals surface area contributed by atoms with Crippen LogP contribution < -0.4 is 0 Å². The largest absolute Gasteiger partial charge is 0.388 e. The van der Waals surface area contributed by atoms with Gasteiger partial charge in [0.15, 0.2) is 6.29 Å². The summed E-state index contributed by atoms with van der Waals surface area (Å²) < 4.78 is 12.5. The topological polar surface area (TPSA) is 76.0 Å². The lowest BCUT2D eigenvalue weighted by Gasteiger charge is -2.63. The number of ketones is 1. The van der Waals surface area contributed by atoms with Crippen LogP contribution in [0.4, 0.5) is 0 Å². The molecule has 5 aliphatic rings. The van der Waals surface area contributed by atoms with E-state index in [9.17, 15) is 15.0 Å². The second kappa shape index (κ2) is 8.88. The van der Waals surface area contributed by atoms with Gasteiger partial charge in [-0.15, -0.1) is 0 Å². The zero-order valence-corrected chi connectivity index (χ0v) is 24.6. The number of hydrogen-bond acceptors (Lipinski definition) is 5. The van der Waals surface area contributed by atoms with E-state index in [0.29, 0.717) is 30.1 Å². The Morgan fingerprint density at radius 3 is 2.49 bits per heavy atom. The molecule has 4 fully saturated rings. The summed E-state index contributed by atoms with van der Waals surface area (Å²) >= 11 is 0. The monoisotopic (exact) mass is 516 g/mol. The molecule has 1 heterocycles. The van der Waals surface area contributed by atoms with Crippen molar-refractivity contribution in [3.8, 4) is 0 Å². The van der Waals surface area contributed by atoms with Crippen LogP contribution in [-0.2, 0) is 14.3 Å². The van der Waals surface area contributed by atoms with Crippen LogP contribution in [0, 0.1) is 45.3 Å². The number of aliphatic hydroxyl groups is 2. The lowest BCUT2D eigenvalue weighted by atomic mass is 9.41. The molecule has 10 atom stereocenters. The minimum Gasteiger partial charge on any atom is -0.388 e. The average Bonchev–Trinajstić information content (AvgIpc) is 3.34. The van der Waals surface area contributed by atoms with Crippen LogP contribution in [0.25, 0.3) is 0 Å². The Hall–Kier alpha value is -0.750. The first-order valence-corrected chi connectivity index (χ1v) is 15.0. The third-order valence-corrected chi connectivity index (χ3v) is 12.7. The highest BCUT2D eigenvalue weighted by Crippen LogP contribution is 2.73. The van der Waals surface area contributed by atoms with Crippen molar-refractivity contribution < 1.29 is 24.5 Å². The van der Waals surface area contributed by atoms with Gasteiger partial charge in [0.2, 0.25) is 0 Å². The number of rotatable bonds is 5. The van der Waals surface area contributed by atoms with Crippen molar-refractivity contribution >= 4 is 5.78 Å². The summed E-state index contributed by atoms with van der Waals surface area (Å²) in [6.07, 6.45) is 9.07. The minimum atomic E-state index is -1.21. The molecule has 1 saturated heterocycles. The molecule has 2 N–H and O–H groups in total. The van der Waals surface area contributed by atoms with E-state index in [4.69, 9.17) is 9.47 Å². The van der Waals surface area contributed by atoms with Crippen molar-refractivity contribution in [1.82, 2.24) is 0 Å². The lowest BCUT2D eigenvalue weighted by molar-refractivity contribution is -0.193. The van der Waals surface area contributed by atoms with Gasteiger partial charge in [-0.3, -0.25) is 4.79 Å². The smallest absolute Gasteiger partial charge is 0.161 e. The predicted molar refractivity (Wildman–Crippen MR) is 145 cm³/mol. The summed E-state index contributed by atoms with van der Waals surface area (Å²) in [4.78, 5) is 12.9. The fraction of sp³-hybridized carbons (Fsp3) is 0.906. The minimum absolute atomic E-state index is 0.129. The molecule has 0 unspecified atom stereocenters. The number of hydrogen-bond donors (Lipinski definition) is 2. The van der Waals surface area contributed by atoms with Crippen molar-refractivity contribution in [3.05, 3.63) is 11.6 Å². The number of allylic oxidation sites excluding steroid dienone is 2. The number of ether oxygens (including phenoxy) is 2. The summed E-state index contributed by atoms with van der Waals surface area (Å²) in [6, 6.07) is 0. The van der Waals surface area contributed by atoms with E-state index in [1.807, 2.05) is 6.92 Å². The van der Waals surface area contributed by atoms with E-state index < -0.39 is 17.8 Å². The lowest BCUT2D eigenvalue weighted by Crippen LogP contribution is -2.57. The molecule has 37 heavy (non-hydrogen) atoms. The van der Waals surface area contributed by atoms with Gasteiger partial charge in [0.05, 0.1) is 11.7 Å². The van der Waals surface area contributed by atoms with Crippen molar-refractivity contribution in [2.75, 3.05) is 6.61 Å². The fourth-order valence-electron chi connectivity index (χ4n) is 10.3. The molecule has 0 bridgehead atoms. The van der Waals surface area contributed by atoms with Crippen LogP contribution in [0.1, 0.15) is 107 Å². The van der Waals surface area contributed by atoms with E-state index in [2.05, 4.69) is 40.7 Å². The third-order valence-electron chi connectivity index (χ3n) is 12.7. The van der Waals surface area contributed by atoms with Crippen LogP contribution in [0.3, 0.4) is 0 Å². The molecular weight excluding hydrogens is 464 g/mol. The van der Waals surface area contributed by atoms with E-state index in [0.717, 1.165) is 32.1 Å². The Morgan fingerprint density at radius 2 is 1.84 bits per heavy atom. The Kier molecular flexibility index (Phi) is 6.67. The highest BCUT2D eigenvalue weighted by Gasteiger charge is 2.66. The first-order chi connectivity index (χ1) is 17.1. The van der Waals surface area contributed by atoms with Crippen LogP contribution in [-0.4, -0.2) is 46.7 Å². The summed E-state index contributed by atoms with van der Waals surface area (Å²) in [5.74, 6) is 2.09. The van der Waals surface area contributed by atoms with E-state index in [-0.39, 0.29) is 33.9 Å². The maximum Gasteiger partial charge on any atom is 0.161 e. The summed E-state index contributed by atoms with van der Waals surface area (Å²) in [5, 5.41) is 21.4. The molecule has 1 aliphatic heterocycles. The molecule has 0 aromatic heterocycles. The SMILES string of the molecule is CCO[C@H]1O[C@@H]([C@H](O)C(C)(C)O)C[C@@H]1[C@@H]1CC[C@]2(C)C3=CC[C@H]4C(C)(C)C(=O)CC[C@]4(C)[C@H]3CC[C@@]12C. The van der Waals surface area contributed by atoms with Gasteiger partial charge in [0.25, 0.3) is 0 Å². The van der Waals surface area contributed by atoms with Gasteiger partial charge in [0.1, 0.15) is 11.9 Å². The normalized spacial score (nSPS) is 48.2. The van der Waals surface area contributed by atoms with Crippen molar-refractivity contribution in [3.63, 3.8) is 0 Å². The Morgan fingerprint density at radius 1 is 1.14 bits per heavy atom. The maximum atomic E-state index is 12.9. The van der Waals surface area contributed by atoms with Gasteiger partial charge >= 0.3 is 0 Å². The van der Waals surface area contributed by atoms with Crippen LogP contribution in [0.15, 0.2) is 11.6 Å². The zero-order valence-electron chi connectivity index (χ0n) is 24.6. The fourth-order valence-corrected chi connectivity index (χ4v) is 10.3. The number of aliphatic hydroxyl groups excluding tert-OH is 1. The van der Waals surface area contributed by atoms with Gasteiger partial charge < -0.3 is 19.7 Å². The molecule has 0 amide bonds. The molecule has 0 spiro atoms. The molecule has 5 rings (SSSR count). The van der Waals surface area contributed by atoms with E-state index >= 15 is 0 Å². The van der Waals surface area contributed by atoms with Crippen LogP contribution in [0.2, 0.25) is 0 Å². The first-order valence-electron chi connectivity index (χ1n) is 15.0. The maximum absolute atomic E-state index is 12.9. The van der Waals surface area contributed by atoms with Crippen molar-refractivity contribution in [2.24, 2.45) is 45.3 Å². The van der Waals surface area contributed by atoms with Crippen LogP contribution >= 0.6 is 0 Å². The standard InChI is InChI=1S/C32H52O5/c1-9-36-27-19(18-23(37-27)26(34)29(4,5)35)20-12-16-32(8)22-10-11-24-28(2,3)25(33)14-15-30(24,6)21(22)13-17-31(20,32)7/h10,19-21,23-24,26-27,34-35H,9,11-18H2,1-8H3/t19-,20+,21+,23-,24+,26+,27+,30-,31+,32-/m1/s1. The van der Waals surface area contributed by atoms with Crippen LogP contribution in [0.5, 0.6) is 0 Å². The van der Waals surface area contributed by atoms with E-state index in [1.165, 1.54) is 19.3 Å². The second-order valence-corrected chi connectivity index (χ2v) is 15.1. The molecular formula is C32H52O5. The quantitative estimate of drug-likeness (QED) is 0.435. The third kappa shape index (κ3) is 3.88. The molecule has 0 aromatic carbocycles.